The van der Waals surface area contributed by atoms with Gasteiger partial charge in [0, 0.05) is 49.7 Å². The predicted molar refractivity (Wildman–Crippen MR) is 159 cm³/mol. The molecule has 1 aliphatic heterocycles. The number of benzene rings is 4. The highest BCUT2D eigenvalue weighted by molar-refractivity contribution is 5.88. The third-order valence-electron chi connectivity index (χ3n) is 8.82. The molecule has 0 spiro atoms. The van der Waals surface area contributed by atoms with E-state index in [-0.39, 0.29) is 17.3 Å². The molecular weight excluding hydrogens is 476 g/mol. The third-order valence-corrected chi connectivity index (χ3v) is 8.82. The van der Waals surface area contributed by atoms with Crippen molar-refractivity contribution in [3.63, 3.8) is 0 Å². The van der Waals surface area contributed by atoms with Crippen LogP contribution in [0, 0.1) is 11.8 Å². The second-order valence-electron chi connectivity index (χ2n) is 11.0. The molecular formula is C36H36N2O. The van der Waals surface area contributed by atoms with Crippen LogP contribution in [0.1, 0.15) is 35.1 Å². The smallest absolute Gasteiger partial charge is 0.138 e. The highest BCUT2D eigenvalue weighted by Gasteiger charge is 2.54. The standard InChI is InChI=1S/C36H36N2O/c39-34-21-23-36(30-17-9-3-10-18-30,31-19-11-4-12-20-31)33-27-38(26-32(33)34)35(25-29-15-7-2-8-16-29)37-24-22-28-13-5-1-6-14-28/h1-20,32-33H,21-27H2. The summed E-state index contributed by atoms with van der Waals surface area (Å²) < 4.78 is 0. The van der Waals surface area contributed by atoms with E-state index in [1.54, 1.807) is 0 Å². The molecule has 0 bridgehead atoms. The Hall–Kier alpha value is -3.98. The van der Waals surface area contributed by atoms with Gasteiger partial charge < -0.3 is 4.90 Å². The minimum atomic E-state index is -0.183. The van der Waals surface area contributed by atoms with Crippen LogP contribution in [0.5, 0.6) is 0 Å². The quantitative estimate of drug-likeness (QED) is 0.202. The van der Waals surface area contributed by atoms with Gasteiger partial charge in [-0.25, -0.2) is 0 Å². The normalized spacial score (nSPS) is 20.6. The van der Waals surface area contributed by atoms with Gasteiger partial charge in [0.1, 0.15) is 11.6 Å². The van der Waals surface area contributed by atoms with Crippen LogP contribution in [-0.4, -0.2) is 36.2 Å². The molecule has 1 aliphatic carbocycles. The van der Waals surface area contributed by atoms with Crippen LogP contribution in [0.2, 0.25) is 0 Å². The van der Waals surface area contributed by atoms with Crippen molar-refractivity contribution >= 4 is 11.6 Å². The second-order valence-corrected chi connectivity index (χ2v) is 11.0. The molecule has 1 saturated carbocycles. The number of carbonyl (C=O) groups excluding carboxylic acids is 1. The van der Waals surface area contributed by atoms with Crippen molar-refractivity contribution in [3.8, 4) is 0 Å². The summed E-state index contributed by atoms with van der Waals surface area (Å²) in [7, 11) is 0. The van der Waals surface area contributed by atoms with E-state index < -0.39 is 0 Å². The molecule has 39 heavy (non-hydrogen) atoms. The molecule has 196 valence electrons. The molecule has 4 aromatic rings. The Morgan fingerprint density at radius 1 is 0.718 bits per heavy atom. The molecule has 0 N–H and O–H groups in total. The summed E-state index contributed by atoms with van der Waals surface area (Å²) in [6.45, 7) is 2.34. The molecule has 2 fully saturated rings. The van der Waals surface area contributed by atoms with Crippen molar-refractivity contribution < 1.29 is 4.79 Å². The zero-order valence-corrected chi connectivity index (χ0v) is 22.5. The zero-order valence-electron chi connectivity index (χ0n) is 22.5. The molecule has 0 aromatic heterocycles. The van der Waals surface area contributed by atoms with Crippen LogP contribution in [0.3, 0.4) is 0 Å². The lowest BCUT2D eigenvalue weighted by Gasteiger charge is -2.45. The Kier molecular flexibility index (Phi) is 7.40. The lowest BCUT2D eigenvalue weighted by Crippen LogP contribution is -2.47. The average Bonchev–Trinajstić information content (AvgIpc) is 3.46. The Balaban J connectivity index is 1.35. The van der Waals surface area contributed by atoms with E-state index in [2.05, 4.69) is 126 Å². The number of amidine groups is 1. The van der Waals surface area contributed by atoms with Crippen molar-refractivity contribution in [2.24, 2.45) is 16.8 Å². The van der Waals surface area contributed by atoms with E-state index in [9.17, 15) is 4.79 Å². The maximum Gasteiger partial charge on any atom is 0.138 e. The first-order valence-electron chi connectivity index (χ1n) is 14.2. The van der Waals surface area contributed by atoms with Crippen LogP contribution in [0.25, 0.3) is 0 Å². The fourth-order valence-electron chi connectivity index (χ4n) is 6.89. The first-order valence-corrected chi connectivity index (χ1v) is 14.2. The lowest BCUT2D eigenvalue weighted by atomic mass is 9.56. The van der Waals surface area contributed by atoms with Crippen LogP contribution in [0.15, 0.2) is 126 Å². The monoisotopic (exact) mass is 512 g/mol. The first-order chi connectivity index (χ1) is 19.2. The van der Waals surface area contributed by atoms with Gasteiger partial charge in [-0.1, -0.05) is 121 Å². The van der Waals surface area contributed by atoms with Gasteiger partial charge in [-0.3, -0.25) is 9.79 Å². The van der Waals surface area contributed by atoms with Crippen LogP contribution in [-0.2, 0) is 23.1 Å². The van der Waals surface area contributed by atoms with Crippen LogP contribution < -0.4 is 0 Å². The maximum absolute atomic E-state index is 13.5. The van der Waals surface area contributed by atoms with Crippen molar-refractivity contribution in [3.05, 3.63) is 144 Å². The Bertz CT molecular complexity index is 1360. The number of Topliss-reactive ketones (excluding diaryl/α,β-unsaturated/α-hetero) is 1. The number of carbonyl (C=O) groups is 1. The SMILES string of the molecule is O=C1CCC(c2ccccc2)(c2ccccc2)C2CN(C(Cc3ccccc3)=NCCc3ccccc3)CC12. The molecule has 3 heteroatoms. The van der Waals surface area contributed by atoms with E-state index in [4.69, 9.17) is 4.99 Å². The zero-order chi connectivity index (χ0) is 26.5. The molecule has 6 rings (SSSR count). The largest absolute Gasteiger partial charge is 0.359 e. The maximum atomic E-state index is 13.5. The van der Waals surface area contributed by atoms with Crippen LogP contribution in [0.4, 0.5) is 0 Å². The minimum Gasteiger partial charge on any atom is -0.359 e. The molecule has 0 amide bonds. The lowest BCUT2D eigenvalue weighted by molar-refractivity contribution is -0.126. The number of rotatable bonds is 7. The van der Waals surface area contributed by atoms with Crippen molar-refractivity contribution in [2.75, 3.05) is 19.6 Å². The van der Waals surface area contributed by atoms with Crippen LogP contribution >= 0.6 is 0 Å². The van der Waals surface area contributed by atoms with Gasteiger partial charge in [-0.15, -0.1) is 0 Å². The summed E-state index contributed by atoms with van der Waals surface area (Å²) in [5.74, 6) is 1.73. The summed E-state index contributed by atoms with van der Waals surface area (Å²) in [5.41, 5.74) is 5.03. The molecule has 2 unspecified atom stereocenters. The highest BCUT2D eigenvalue weighted by atomic mass is 16.1. The van der Waals surface area contributed by atoms with Gasteiger partial charge in [0.2, 0.25) is 0 Å². The van der Waals surface area contributed by atoms with E-state index in [1.165, 1.54) is 22.3 Å². The first kappa shape index (κ1) is 25.3. The van der Waals surface area contributed by atoms with Crippen molar-refractivity contribution in [2.45, 2.75) is 31.1 Å². The number of hydrogen-bond acceptors (Lipinski definition) is 2. The number of fused-ring (bicyclic) bond motifs is 1. The number of hydrogen-bond donors (Lipinski definition) is 0. The minimum absolute atomic E-state index is 0.00857. The molecule has 1 heterocycles. The van der Waals surface area contributed by atoms with E-state index in [0.29, 0.717) is 12.2 Å². The molecule has 4 aromatic carbocycles. The number of ketones is 1. The summed E-state index contributed by atoms with van der Waals surface area (Å²) in [6, 6.07) is 43.0. The van der Waals surface area contributed by atoms with E-state index >= 15 is 0 Å². The summed E-state index contributed by atoms with van der Waals surface area (Å²) in [6.07, 6.45) is 3.18. The number of aliphatic imine (C=N–C) groups is 1. The van der Waals surface area contributed by atoms with Gasteiger partial charge in [0.25, 0.3) is 0 Å². The topological polar surface area (TPSA) is 32.7 Å². The summed E-state index contributed by atoms with van der Waals surface area (Å²) in [4.78, 5) is 21.1. The van der Waals surface area contributed by atoms with Crippen molar-refractivity contribution in [1.29, 1.82) is 0 Å². The Labute approximate surface area is 232 Å². The summed E-state index contributed by atoms with van der Waals surface area (Å²) in [5, 5.41) is 0. The van der Waals surface area contributed by atoms with Gasteiger partial charge >= 0.3 is 0 Å². The Morgan fingerprint density at radius 3 is 1.85 bits per heavy atom. The van der Waals surface area contributed by atoms with Gasteiger partial charge in [-0.2, -0.15) is 0 Å². The predicted octanol–water partition coefficient (Wildman–Crippen LogP) is 6.77. The average molecular weight is 513 g/mol. The third kappa shape index (κ3) is 5.18. The Morgan fingerprint density at radius 2 is 1.26 bits per heavy atom. The fraction of sp³-hybridized carbons (Fsp3) is 0.278. The number of nitrogens with zero attached hydrogens (tertiary/aromatic N) is 2. The molecule has 1 saturated heterocycles. The molecule has 3 nitrogen and oxygen atoms in total. The van der Waals surface area contributed by atoms with E-state index in [1.807, 2.05) is 0 Å². The molecule has 2 atom stereocenters. The van der Waals surface area contributed by atoms with E-state index in [0.717, 1.165) is 44.7 Å². The molecule has 0 radical (unpaired) electrons. The van der Waals surface area contributed by atoms with Gasteiger partial charge in [0.15, 0.2) is 0 Å². The van der Waals surface area contributed by atoms with Crippen molar-refractivity contribution in [1.82, 2.24) is 4.90 Å². The second kappa shape index (κ2) is 11.4. The fourth-order valence-corrected chi connectivity index (χ4v) is 6.89. The molecule has 2 aliphatic rings. The summed E-state index contributed by atoms with van der Waals surface area (Å²) >= 11 is 0. The highest BCUT2D eigenvalue weighted by Crippen LogP contribution is 2.52. The number of likely N-dealkylation sites (tertiary alicyclic amines) is 1. The van der Waals surface area contributed by atoms with Gasteiger partial charge in [0.05, 0.1) is 0 Å². The van der Waals surface area contributed by atoms with Gasteiger partial charge in [-0.05, 0) is 35.1 Å².